The summed E-state index contributed by atoms with van der Waals surface area (Å²) in [7, 11) is 1.48. The Labute approximate surface area is 114 Å². The van der Waals surface area contributed by atoms with Crippen molar-refractivity contribution in [3.05, 3.63) is 28.2 Å². The number of benzene rings is 1. The molecule has 0 bridgehead atoms. The third-order valence-electron chi connectivity index (χ3n) is 2.20. The molecule has 0 aliphatic carbocycles. The highest BCUT2D eigenvalue weighted by molar-refractivity contribution is 9.10. The second-order valence-electron chi connectivity index (χ2n) is 3.60. The highest BCUT2D eigenvalue weighted by Gasteiger charge is 2.13. The van der Waals surface area contributed by atoms with E-state index in [0.29, 0.717) is 17.7 Å². The van der Waals surface area contributed by atoms with Gasteiger partial charge in [0, 0.05) is 10.9 Å². The zero-order chi connectivity index (χ0) is 13.5. The SMILES string of the molecule is CCCC(=O)NNC(=O)c1cc(Br)ccc1OC. The number of hydrogen-bond donors (Lipinski definition) is 2. The molecule has 0 aliphatic rings. The van der Waals surface area contributed by atoms with Gasteiger partial charge in [0.1, 0.15) is 5.75 Å². The standard InChI is InChI=1S/C12H15BrN2O3/c1-3-4-11(16)14-15-12(17)9-7-8(13)5-6-10(9)18-2/h5-7H,3-4H2,1-2H3,(H,14,16)(H,15,17). The summed E-state index contributed by atoms with van der Waals surface area (Å²) >= 11 is 3.28. The molecule has 0 fully saturated rings. The van der Waals surface area contributed by atoms with Gasteiger partial charge in [-0.25, -0.2) is 0 Å². The van der Waals surface area contributed by atoms with Crippen molar-refractivity contribution in [2.24, 2.45) is 0 Å². The summed E-state index contributed by atoms with van der Waals surface area (Å²) < 4.78 is 5.84. The van der Waals surface area contributed by atoms with Crippen LogP contribution in [0.1, 0.15) is 30.1 Å². The number of methoxy groups -OCH3 is 1. The monoisotopic (exact) mass is 314 g/mol. The average Bonchev–Trinajstić information content (AvgIpc) is 2.36. The van der Waals surface area contributed by atoms with Crippen LogP contribution in [0.15, 0.2) is 22.7 Å². The first-order chi connectivity index (χ1) is 8.58. The molecule has 1 aromatic rings. The lowest BCUT2D eigenvalue weighted by molar-refractivity contribution is -0.121. The number of hydrazine groups is 1. The maximum Gasteiger partial charge on any atom is 0.273 e. The van der Waals surface area contributed by atoms with Crippen molar-refractivity contribution in [1.82, 2.24) is 10.9 Å². The molecule has 0 aliphatic heterocycles. The van der Waals surface area contributed by atoms with Gasteiger partial charge in [0.2, 0.25) is 5.91 Å². The number of hydrogen-bond acceptors (Lipinski definition) is 3. The van der Waals surface area contributed by atoms with E-state index in [1.165, 1.54) is 7.11 Å². The molecule has 18 heavy (non-hydrogen) atoms. The Morgan fingerprint density at radius 3 is 2.67 bits per heavy atom. The largest absolute Gasteiger partial charge is 0.496 e. The van der Waals surface area contributed by atoms with Crippen LogP contribution in [0, 0.1) is 0 Å². The Morgan fingerprint density at radius 2 is 2.06 bits per heavy atom. The number of rotatable bonds is 4. The summed E-state index contributed by atoms with van der Waals surface area (Å²) in [6.45, 7) is 1.89. The van der Waals surface area contributed by atoms with Gasteiger partial charge < -0.3 is 4.74 Å². The lowest BCUT2D eigenvalue weighted by Crippen LogP contribution is -2.41. The molecular formula is C12H15BrN2O3. The van der Waals surface area contributed by atoms with Crippen LogP contribution in [0.4, 0.5) is 0 Å². The maximum absolute atomic E-state index is 11.9. The summed E-state index contributed by atoms with van der Waals surface area (Å²) in [5, 5.41) is 0. The Hall–Kier alpha value is -1.56. The van der Waals surface area contributed by atoms with E-state index >= 15 is 0 Å². The first-order valence-electron chi connectivity index (χ1n) is 5.51. The highest BCUT2D eigenvalue weighted by Crippen LogP contribution is 2.22. The van der Waals surface area contributed by atoms with Gasteiger partial charge >= 0.3 is 0 Å². The second kappa shape index (κ2) is 7.00. The third kappa shape index (κ3) is 4.03. The Bertz CT molecular complexity index is 449. The van der Waals surface area contributed by atoms with E-state index in [9.17, 15) is 9.59 Å². The molecule has 2 N–H and O–H groups in total. The van der Waals surface area contributed by atoms with Crippen LogP contribution in [0.25, 0.3) is 0 Å². The van der Waals surface area contributed by atoms with Gasteiger partial charge in [-0.3, -0.25) is 20.4 Å². The van der Waals surface area contributed by atoms with Crippen molar-refractivity contribution in [2.45, 2.75) is 19.8 Å². The van der Waals surface area contributed by atoms with E-state index < -0.39 is 5.91 Å². The maximum atomic E-state index is 11.9. The number of ether oxygens (including phenoxy) is 1. The van der Waals surface area contributed by atoms with E-state index in [1.54, 1.807) is 18.2 Å². The van der Waals surface area contributed by atoms with Gasteiger partial charge in [0.25, 0.3) is 5.91 Å². The van der Waals surface area contributed by atoms with E-state index in [4.69, 9.17) is 4.74 Å². The molecule has 98 valence electrons. The van der Waals surface area contributed by atoms with Crippen molar-refractivity contribution in [2.75, 3.05) is 7.11 Å². The summed E-state index contributed by atoms with van der Waals surface area (Å²) in [5.41, 5.74) is 5.04. The molecule has 0 atom stereocenters. The topological polar surface area (TPSA) is 67.4 Å². The molecular weight excluding hydrogens is 300 g/mol. The van der Waals surface area contributed by atoms with Gasteiger partial charge in [-0.15, -0.1) is 0 Å². The Kier molecular flexibility index (Phi) is 5.64. The van der Waals surface area contributed by atoms with Crippen LogP contribution < -0.4 is 15.6 Å². The molecule has 0 aromatic heterocycles. The molecule has 0 saturated carbocycles. The van der Waals surface area contributed by atoms with Crippen LogP contribution in [-0.4, -0.2) is 18.9 Å². The molecule has 0 unspecified atom stereocenters. The minimum atomic E-state index is -0.419. The number of amides is 2. The van der Waals surface area contributed by atoms with Crippen LogP contribution in [0.3, 0.4) is 0 Å². The molecule has 0 heterocycles. The van der Waals surface area contributed by atoms with Crippen molar-refractivity contribution < 1.29 is 14.3 Å². The van der Waals surface area contributed by atoms with E-state index in [-0.39, 0.29) is 5.91 Å². The lowest BCUT2D eigenvalue weighted by atomic mass is 10.2. The van der Waals surface area contributed by atoms with Gasteiger partial charge in [-0.05, 0) is 24.6 Å². The van der Waals surface area contributed by atoms with Crippen LogP contribution in [0.5, 0.6) is 5.75 Å². The molecule has 2 amide bonds. The quantitative estimate of drug-likeness (QED) is 0.835. The minimum Gasteiger partial charge on any atom is -0.496 e. The fourth-order valence-electron chi connectivity index (χ4n) is 1.34. The first kappa shape index (κ1) is 14.5. The van der Waals surface area contributed by atoms with E-state index in [1.807, 2.05) is 6.92 Å². The first-order valence-corrected chi connectivity index (χ1v) is 6.30. The predicted molar refractivity (Wildman–Crippen MR) is 71.2 cm³/mol. The second-order valence-corrected chi connectivity index (χ2v) is 4.51. The van der Waals surface area contributed by atoms with Crippen molar-refractivity contribution >= 4 is 27.7 Å². The Balaban J connectivity index is 2.71. The van der Waals surface area contributed by atoms with Gasteiger partial charge in [0.05, 0.1) is 12.7 Å². The van der Waals surface area contributed by atoms with Gasteiger partial charge in [-0.2, -0.15) is 0 Å². The lowest BCUT2D eigenvalue weighted by Gasteiger charge is -2.10. The summed E-state index contributed by atoms with van der Waals surface area (Å²) in [6.07, 6.45) is 1.10. The molecule has 1 aromatic carbocycles. The molecule has 0 spiro atoms. The van der Waals surface area contributed by atoms with Crippen molar-refractivity contribution in [3.63, 3.8) is 0 Å². The normalized spacial score (nSPS) is 9.72. The fraction of sp³-hybridized carbons (Fsp3) is 0.333. The molecule has 0 radical (unpaired) electrons. The van der Waals surface area contributed by atoms with Gasteiger partial charge in [-0.1, -0.05) is 22.9 Å². The molecule has 5 nitrogen and oxygen atoms in total. The number of carbonyl (C=O) groups excluding carboxylic acids is 2. The van der Waals surface area contributed by atoms with Crippen LogP contribution in [0.2, 0.25) is 0 Å². The summed E-state index contributed by atoms with van der Waals surface area (Å²) in [4.78, 5) is 23.1. The predicted octanol–water partition coefficient (Wildman–Crippen LogP) is 2.02. The highest BCUT2D eigenvalue weighted by atomic mass is 79.9. The summed E-state index contributed by atoms with van der Waals surface area (Å²) in [5.74, 6) is -0.196. The number of halogens is 1. The molecule has 0 saturated heterocycles. The molecule has 1 rings (SSSR count). The van der Waals surface area contributed by atoms with Crippen LogP contribution in [-0.2, 0) is 4.79 Å². The van der Waals surface area contributed by atoms with E-state index in [0.717, 1.165) is 10.9 Å². The van der Waals surface area contributed by atoms with E-state index in [2.05, 4.69) is 26.8 Å². The van der Waals surface area contributed by atoms with Gasteiger partial charge in [0.15, 0.2) is 0 Å². The summed E-state index contributed by atoms with van der Waals surface area (Å²) in [6, 6.07) is 5.07. The number of nitrogens with one attached hydrogen (secondary N) is 2. The average molecular weight is 315 g/mol. The van der Waals surface area contributed by atoms with Crippen molar-refractivity contribution in [3.8, 4) is 5.75 Å². The van der Waals surface area contributed by atoms with Crippen LogP contribution >= 0.6 is 15.9 Å². The number of carbonyl (C=O) groups is 2. The van der Waals surface area contributed by atoms with Crippen molar-refractivity contribution in [1.29, 1.82) is 0 Å². The molecule has 6 heteroatoms. The zero-order valence-electron chi connectivity index (χ0n) is 10.2. The minimum absolute atomic E-state index is 0.222. The fourth-order valence-corrected chi connectivity index (χ4v) is 1.70. The Morgan fingerprint density at radius 1 is 1.33 bits per heavy atom. The smallest absolute Gasteiger partial charge is 0.273 e. The zero-order valence-corrected chi connectivity index (χ0v) is 11.8. The third-order valence-corrected chi connectivity index (χ3v) is 2.69.